The third-order valence-corrected chi connectivity index (χ3v) is 6.46. The van der Waals surface area contributed by atoms with Gasteiger partial charge >= 0.3 is 0 Å². The Bertz CT molecular complexity index is 798. The molecule has 1 unspecified atom stereocenters. The van der Waals surface area contributed by atoms with Gasteiger partial charge < -0.3 is 4.74 Å². The van der Waals surface area contributed by atoms with Crippen LogP contribution >= 0.6 is 0 Å². The number of hydrogen-bond donors (Lipinski definition) is 0. The van der Waals surface area contributed by atoms with Gasteiger partial charge in [-0.15, -0.1) is 0 Å². The number of ether oxygens (including phenoxy) is 1. The number of benzene rings is 2. The van der Waals surface area contributed by atoms with Crippen LogP contribution in [0, 0.1) is 6.92 Å². The summed E-state index contributed by atoms with van der Waals surface area (Å²) in [6.07, 6.45) is 1.80. The van der Waals surface area contributed by atoms with Gasteiger partial charge in [0.2, 0.25) is 10.0 Å². The van der Waals surface area contributed by atoms with Gasteiger partial charge in [0, 0.05) is 13.1 Å². The van der Waals surface area contributed by atoms with E-state index in [4.69, 9.17) is 4.74 Å². The van der Waals surface area contributed by atoms with Gasteiger partial charge in [0.05, 0.1) is 17.6 Å². The van der Waals surface area contributed by atoms with Crippen molar-refractivity contribution in [3.8, 4) is 0 Å². The molecule has 0 bridgehead atoms. The number of rotatable bonds is 5. The summed E-state index contributed by atoms with van der Waals surface area (Å²) in [5.74, 6) is 0. The van der Waals surface area contributed by atoms with Crippen LogP contribution in [0.5, 0.6) is 0 Å². The van der Waals surface area contributed by atoms with Crippen molar-refractivity contribution in [3.05, 3.63) is 65.2 Å². The molecule has 134 valence electrons. The molecule has 0 saturated carbocycles. The number of morpholine rings is 1. The quantitative estimate of drug-likeness (QED) is 0.818. The molecule has 2 aromatic carbocycles. The van der Waals surface area contributed by atoms with E-state index in [9.17, 15) is 8.42 Å². The van der Waals surface area contributed by atoms with Crippen molar-refractivity contribution >= 4 is 10.0 Å². The lowest BCUT2D eigenvalue weighted by Gasteiger charge is -2.32. The van der Waals surface area contributed by atoms with Crippen molar-refractivity contribution < 1.29 is 13.2 Å². The fourth-order valence-corrected chi connectivity index (χ4v) is 4.52. The zero-order valence-electron chi connectivity index (χ0n) is 14.8. The predicted octanol–water partition coefficient (Wildman–Crippen LogP) is 3.71. The molecule has 0 aliphatic carbocycles. The highest BCUT2D eigenvalue weighted by molar-refractivity contribution is 7.89. The van der Waals surface area contributed by atoms with E-state index in [1.54, 1.807) is 12.1 Å². The van der Waals surface area contributed by atoms with E-state index in [-0.39, 0.29) is 6.10 Å². The molecule has 0 aromatic heterocycles. The lowest BCUT2D eigenvalue weighted by molar-refractivity contribution is -0.00256. The number of sulfonamides is 1. The summed E-state index contributed by atoms with van der Waals surface area (Å²) in [5, 5.41) is 0. The summed E-state index contributed by atoms with van der Waals surface area (Å²) >= 11 is 0. The fraction of sp³-hybridized carbons (Fsp3) is 0.400. The number of hydrogen-bond acceptors (Lipinski definition) is 3. The normalized spacial score (nSPS) is 19.0. The average Bonchev–Trinajstić information content (AvgIpc) is 2.63. The monoisotopic (exact) mass is 359 g/mol. The van der Waals surface area contributed by atoms with E-state index in [1.165, 1.54) is 15.4 Å². The van der Waals surface area contributed by atoms with Crippen LogP contribution in [0.15, 0.2) is 53.4 Å². The van der Waals surface area contributed by atoms with Crippen LogP contribution in [-0.4, -0.2) is 32.4 Å². The van der Waals surface area contributed by atoms with Crippen LogP contribution in [0.25, 0.3) is 0 Å². The van der Waals surface area contributed by atoms with Crippen LogP contribution in [0.2, 0.25) is 0 Å². The summed E-state index contributed by atoms with van der Waals surface area (Å²) in [7, 11) is -3.49. The van der Waals surface area contributed by atoms with Crippen molar-refractivity contribution in [1.29, 1.82) is 0 Å². The first-order valence-corrected chi connectivity index (χ1v) is 10.2. The molecular formula is C20H25NO3S. The molecule has 1 aliphatic heterocycles. The second kappa shape index (κ2) is 7.68. The molecule has 5 heteroatoms. The maximum absolute atomic E-state index is 13.0. The largest absolute Gasteiger partial charge is 0.371 e. The first kappa shape index (κ1) is 18.1. The Morgan fingerprint density at radius 1 is 1.08 bits per heavy atom. The summed E-state index contributed by atoms with van der Waals surface area (Å²) < 4.78 is 33.3. The van der Waals surface area contributed by atoms with Gasteiger partial charge in [0.15, 0.2) is 0 Å². The molecule has 0 spiro atoms. The molecule has 1 aliphatic rings. The highest BCUT2D eigenvalue weighted by atomic mass is 32.2. The van der Waals surface area contributed by atoms with Gasteiger partial charge in [-0.05, 0) is 36.6 Å². The summed E-state index contributed by atoms with van der Waals surface area (Å²) in [5.41, 5.74) is 3.36. The van der Waals surface area contributed by atoms with Gasteiger partial charge in [-0.1, -0.05) is 55.3 Å². The first-order chi connectivity index (χ1) is 12.0. The third-order valence-electron chi connectivity index (χ3n) is 4.58. The Balaban J connectivity index is 1.78. The summed E-state index contributed by atoms with van der Waals surface area (Å²) in [4.78, 5) is 0.358. The molecule has 1 heterocycles. The number of nitrogens with zero attached hydrogens (tertiary/aromatic N) is 1. The standard InChI is InChI=1S/C20H25NO3S/c1-3-4-17-7-11-19(12-8-17)25(22,23)21-13-14-24-20(15-21)18-9-5-16(2)6-10-18/h5-12,20H,3-4,13-15H2,1-2H3. The van der Waals surface area contributed by atoms with E-state index < -0.39 is 10.0 Å². The lowest BCUT2D eigenvalue weighted by Crippen LogP contribution is -2.42. The van der Waals surface area contributed by atoms with E-state index in [1.807, 2.05) is 43.3 Å². The molecule has 1 saturated heterocycles. The zero-order chi connectivity index (χ0) is 17.9. The predicted molar refractivity (Wildman–Crippen MR) is 99.1 cm³/mol. The second-order valence-corrected chi connectivity index (χ2v) is 8.47. The van der Waals surface area contributed by atoms with Crippen LogP contribution < -0.4 is 0 Å². The highest BCUT2D eigenvalue weighted by Gasteiger charge is 2.31. The van der Waals surface area contributed by atoms with Crippen molar-refractivity contribution in [2.45, 2.75) is 37.7 Å². The lowest BCUT2D eigenvalue weighted by atomic mass is 10.1. The molecule has 1 atom stereocenters. The molecule has 0 N–H and O–H groups in total. The van der Waals surface area contributed by atoms with E-state index in [0.29, 0.717) is 24.6 Å². The maximum atomic E-state index is 13.0. The summed E-state index contributed by atoms with van der Waals surface area (Å²) in [6.45, 7) is 5.29. The van der Waals surface area contributed by atoms with Crippen LogP contribution in [0.3, 0.4) is 0 Å². The van der Waals surface area contributed by atoms with Gasteiger partial charge in [0.25, 0.3) is 0 Å². The minimum absolute atomic E-state index is 0.219. The highest BCUT2D eigenvalue weighted by Crippen LogP contribution is 2.27. The SMILES string of the molecule is CCCc1ccc(S(=O)(=O)N2CCOC(c3ccc(C)cc3)C2)cc1. The fourth-order valence-electron chi connectivity index (χ4n) is 3.09. The van der Waals surface area contributed by atoms with Crippen molar-refractivity contribution in [3.63, 3.8) is 0 Å². The van der Waals surface area contributed by atoms with Gasteiger partial charge in [-0.3, -0.25) is 0 Å². The summed E-state index contributed by atoms with van der Waals surface area (Å²) in [6, 6.07) is 15.3. The molecule has 25 heavy (non-hydrogen) atoms. The Morgan fingerprint density at radius 2 is 1.76 bits per heavy atom. The van der Waals surface area contributed by atoms with Gasteiger partial charge in [-0.25, -0.2) is 8.42 Å². The topological polar surface area (TPSA) is 46.6 Å². The maximum Gasteiger partial charge on any atom is 0.243 e. The first-order valence-electron chi connectivity index (χ1n) is 8.78. The Hall–Kier alpha value is -1.69. The van der Waals surface area contributed by atoms with Crippen LogP contribution in [0.4, 0.5) is 0 Å². The molecule has 4 nitrogen and oxygen atoms in total. The van der Waals surface area contributed by atoms with Crippen LogP contribution in [-0.2, 0) is 21.2 Å². The average molecular weight is 359 g/mol. The van der Waals surface area contributed by atoms with E-state index in [2.05, 4.69) is 6.92 Å². The van der Waals surface area contributed by atoms with Crippen molar-refractivity contribution in [1.82, 2.24) is 4.31 Å². The smallest absolute Gasteiger partial charge is 0.243 e. The van der Waals surface area contributed by atoms with E-state index in [0.717, 1.165) is 18.4 Å². The molecule has 2 aromatic rings. The molecule has 1 fully saturated rings. The Morgan fingerprint density at radius 3 is 2.40 bits per heavy atom. The van der Waals surface area contributed by atoms with Crippen molar-refractivity contribution in [2.75, 3.05) is 19.7 Å². The molecule has 3 rings (SSSR count). The second-order valence-electron chi connectivity index (χ2n) is 6.53. The number of aryl methyl sites for hydroxylation is 2. The van der Waals surface area contributed by atoms with Crippen molar-refractivity contribution in [2.24, 2.45) is 0 Å². The molecular weight excluding hydrogens is 334 g/mol. The third kappa shape index (κ3) is 4.11. The Kier molecular flexibility index (Phi) is 5.57. The Labute approximate surface area is 150 Å². The minimum atomic E-state index is -3.49. The van der Waals surface area contributed by atoms with E-state index >= 15 is 0 Å². The van der Waals surface area contributed by atoms with Gasteiger partial charge in [-0.2, -0.15) is 4.31 Å². The molecule has 0 amide bonds. The van der Waals surface area contributed by atoms with Gasteiger partial charge in [0.1, 0.15) is 0 Å². The van der Waals surface area contributed by atoms with Crippen LogP contribution in [0.1, 0.15) is 36.1 Å². The minimum Gasteiger partial charge on any atom is -0.371 e. The zero-order valence-corrected chi connectivity index (χ0v) is 15.6. The molecule has 0 radical (unpaired) electrons.